The lowest BCUT2D eigenvalue weighted by molar-refractivity contribution is -0.384. The van der Waals surface area contributed by atoms with Crippen LogP contribution in [0.4, 0.5) is 21.9 Å². The Bertz CT molecular complexity index is 992. The van der Waals surface area contributed by atoms with Gasteiger partial charge in [0, 0.05) is 6.07 Å². The van der Waals surface area contributed by atoms with Crippen molar-refractivity contribution in [3.63, 3.8) is 0 Å². The van der Waals surface area contributed by atoms with E-state index < -0.39 is 16.7 Å². The van der Waals surface area contributed by atoms with E-state index in [0.29, 0.717) is 18.0 Å². The Morgan fingerprint density at radius 1 is 0.964 bits per heavy atom. The van der Waals surface area contributed by atoms with E-state index in [1.807, 2.05) is 30.3 Å². The van der Waals surface area contributed by atoms with E-state index in [1.54, 1.807) is 24.3 Å². The molecule has 0 spiro atoms. The molecule has 0 heterocycles. The summed E-state index contributed by atoms with van der Waals surface area (Å²) in [5.41, 5.74) is 1.20. The second kappa shape index (κ2) is 8.54. The summed E-state index contributed by atoms with van der Waals surface area (Å²) in [4.78, 5) is 22.3. The van der Waals surface area contributed by atoms with Crippen LogP contribution in [0.25, 0.3) is 0 Å². The second-order valence-corrected chi connectivity index (χ2v) is 5.81. The molecule has 0 radical (unpaired) electrons. The van der Waals surface area contributed by atoms with Gasteiger partial charge in [0.25, 0.3) is 5.69 Å². The van der Waals surface area contributed by atoms with Crippen LogP contribution in [-0.4, -0.2) is 16.1 Å². The van der Waals surface area contributed by atoms with Crippen molar-refractivity contribution in [3.05, 3.63) is 88.5 Å². The molecule has 0 aliphatic carbocycles. The van der Waals surface area contributed by atoms with Crippen molar-refractivity contribution in [2.45, 2.75) is 6.61 Å². The molecule has 3 N–H and O–H groups in total. The average Bonchev–Trinajstić information content (AvgIpc) is 2.69. The molecule has 0 saturated carbocycles. The Balaban J connectivity index is 1.66. The first-order valence-electron chi connectivity index (χ1n) is 8.34. The van der Waals surface area contributed by atoms with Gasteiger partial charge in [0.2, 0.25) is 0 Å². The molecule has 0 fully saturated rings. The fourth-order valence-corrected chi connectivity index (χ4v) is 2.45. The Hall–Kier alpha value is -4.07. The van der Waals surface area contributed by atoms with E-state index in [4.69, 9.17) is 4.74 Å². The topological polar surface area (TPSA) is 114 Å². The lowest BCUT2D eigenvalue weighted by atomic mass is 10.2. The monoisotopic (exact) mass is 379 g/mol. The number of nitrogens with one attached hydrogen (secondary N) is 2. The zero-order chi connectivity index (χ0) is 19.9. The third-order valence-electron chi connectivity index (χ3n) is 3.81. The van der Waals surface area contributed by atoms with Crippen LogP contribution in [0, 0.1) is 10.1 Å². The smallest absolute Gasteiger partial charge is 0.323 e. The van der Waals surface area contributed by atoms with E-state index in [2.05, 4.69) is 10.6 Å². The van der Waals surface area contributed by atoms with E-state index in [1.165, 1.54) is 12.1 Å². The molecule has 8 nitrogen and oxygen atoms in total. The number of carbonyl (C=O) groups excluding carboxylic acids is 1. The lowest BCUT2D eigenvalue weighted by Gasteiger charge is -2.13. The molecule has 2 amide bonds. The minimum atomic E-state index is -0.635. The molecular formula is C20H17N3O5. The highest BCUT2D eigenvalue weighted by Gasteiger charge is 2.13. The standard InChI is InChI=1S/C20H17N3O5/c24-18-12-15(23(26)27)10-11-16(18)21-20(25)22-17-8-4-5-9-19(17)28-13-14-6-2-1-3-7-14/h1-12,24H,13H2,(H2,21,22,25). The fraction of sp³-hybridized carbons (Fsp3) is 0.0500. The molecule has 0 aliphatic heterocycles. The van der Waals surface area contributed by atoms with Gasteiger partial charge in [0.05, 0.1) is 22.4 Å². The number of nitro groups is 1. The van der Waals surface area contributed by atoms with Gasteiger partial charge in [-0.05, 0) is 23.8 Å². The molecule has 8 heteroatoms. The van der Waals surface area contributed by atoms with Gasteiger partial charge in [-0.1, -0.05) is 42.5 Å². The molecule has 142 valence electrons. The number of carbonyl (C=O) groups is 1. The summed E-state index contributed by atoms with van der Waals surface area (Å²) in [5, 5.41) is 25.6. The molecule has 0 bridgehead atoms. The Morgan fingerprint density at radius 3 is 2.36 bits per heavy atom. The number of amides is 2. The van der Waals surface area contributed by atoms with Gasteiger partial charge in [-0.15, -0.1) is 0 Å². The number of urea groups is 1. The predicted molar refractivity (Wildman–Crippen MR) is 105 cm³/mol. The number of para-hydroxylation sites is 2. The summed E-state index contributed by atoms with van der Waals surface area (Å²) in [6.07, 6.45) is 0. The van der Waals surface area contributed by atoms with Crippen molar-refractivity contribution < 1.29 is 19.6 Å². The Morgan fingerprint density at radius 2 is 1.64 bits per heavy atom. The van der Waals surface area contributed by atoms with Gasteiger partial charge in [0.1, 0.15) is 18.1 Å². The number of hydrogen-bond donors (Lipinski definition) is 3. The van der Waals surface area contributed by atoms with E-state index in [9.17, 15) is 20.0 Å². The first-order valence-corrected chi connectivity index (χ1v) is 8.34. The van der Waals surface area contributed by atoms with Crippen LogP contribution < -0.4 is 15.4 Å². The van der Waals surface area contributed by atoms with Crippen molar-refractivity contribution in [2.24, 2.45) is 0 Å². The Labute approximate surface area is 160 Å². The summed E-state index contributed by atoms with van der Waals surface area (Å²) < 4.78 is 5.77. The minimum absolute atomic E-state index is 0.0470. The van der Waals surface area contributed by atoms with Gasteiger partial charge < -0.3 is 20.5 Å². The van der Waals surface area contributed by atoms with Crippen molar-refractivity contribution >= 4 is 23.1 Å². The Kier molecular flexibility index (Phi) is 5.71. The summed E-state index contributed by atoms with van der Waals surface area (Å²) >= 11 is 0. The molecule has 3 aromatic rings. The molecule has 3 aromatic carbocycles. The van der Waals surface area contributed by atoms with Crippen molar-refractivity contribution in [3.8, 4) is 11.5 Å². The number of aromatic hydroxyl groups is 1. The normalized spacial score (nSPS) is 10.1. The SMILES string of the molecule is O=C(Nc1ccc([N+](=O)[O-])cc1O)Nc1ccccc1OCc1ccccc1. The third kappa shape index (κ3) is 4.76. The number of benzene rings is 3. The summed E-state index contributed by atoms with van der Waals surface area (Å²) in [7, 11) is 0. The molecule has 0 atom stereocenters. The van der Waals surface area contributed by atoms with Crippen LogP contribution in [0.3, 0.4) is 0 Å². The highest BCUT2D eigenvalue weighted by molar-refractivity contribution is 6.01. The number of nitro benzene ring substituents is 1. The summed E-state index contributed by atoms with van der Waals surface area (Å²) in [5.74, 6) is 0.0763. The van der Waals surface area contributed by atoms with E-state index in [0.717, 1.165) is 11.6 Å². The highest BCUT2D eigenvalue weighted by atomic mass is 16.6. The van der Waals surface area contributed by atoms with Crippen molar-refractivity contribution in [1.29, 1.82) is 0 Å². The molecule has 3 rings (SSSR count). The molecule has 0 unspecified atom stereocenters. The van der Waals surface area contributed by atoms with Crippen LogP contribution in [-0.2, 0) is 6.61 Å². The zero-order valence-electron chi connectivity index (χ0n) is 14.7. The largest absolute Gasteiger partial charge is 0.506 e. The van der Waals surface area contributed by atoms with Crippen LogP contribution >= 0.6 is 0 Å². The number of ether oxygens (including phenoxy) is 1. The lowest BCUT2D eigenvalue weighted by Crippen LogP contribution is -2.20. The number of rotatable bonds is 6. The van der Waals surface area contributed by atoms with Crippen LogP contribution in [0.5, 0.6) is 11.5 Å². The maximum atomic E-state index is 12.3. The first-order chi connectivity index (χ1) is 13.5. The van der Waals surface area contributed by atoms with Crippen LogP contribution in [0.15, 0.2) is 72.8 Å². The zero-order valence-corrected chi connectivity index (χ0v) is 14.7. The minimum Gasteiger partial charge on any atom is -0.506 e. The highest BCUT2D eigenvalue weighted by Crippen LogP contribution is 2.29. The van der Waals surface area contributed by atoms with Crippen LogP contribution in [0.2, 0.25) is 0 Å². The van der Waals surface area contributed by atoms with E-state index in [-0.39, 0.29) is 11.4 Å². The van der Waals surface area contributed by atoms with Gasteiger partial charge in [-0.25, -0.2) is 4.79 Å². The first kappa shape index (κ1) is 18.7. The average molecular weight is 379 g/mol. The molecule has 0 saturated heterocycles. The third-order valence-corrected chi connectivity index (χ3v) is 3.81. The predicted octanol–water partition coefficient (Wildman–Crippen LogP) is 4.52. The number of anilines is 2. The van der Waals surface area contributed by atoms with Gasteiger partial charge >= 0.3 is 6.03 Å². The van der Waals surface area contributed by atoms with Crippen LogP contribution in [0.1, 0.15) is 5.56 Å². The van der Waals surface area contributed by atoms with Crippen molar-refractivity contribution in [2.75, 3.05) is 10.6 Å². The van der Waals surface area contributed by atoms with Gasteiger partial charge in [0.15, 0.2) is 0 Å². The summed E-state index contributed by atoms with van der Waals surface area (Å²) in [6, 6.07) is 19.3. The quantitative estimate of drug-likeness (QED) is 0.331. The fourth-order valence-electron chi connectivity index (χ4n) is 2.45. The number of non-ortho nitro benzene ring substituents is 1. The molecule has 28 heavy (non-hydrogen) atoms. The van der Waals surface area contributed by atoms with Gasteiger partial charge in [-0.2, -0.15) is 0 Å². The van der Waals surface area contributed by atoms with Crippen molar-refractivity contribution in [1.82, 2.24) is 0 Å². The molecule has 0 aromatic heterocycles. The molecular weight excluding hydrogens is 362 g/mol. The number of hydrogen-bond acceptors (Lipinski definition) is 5. The van der Waals surface area contributed by atoms with E-state index >= 15 is 0 Å². The van der Waals surface area contributed by atoms with Gasteiger partial charge in [-0.3, -0.25) is 10.1 Å². The number of nitrogens with zero attached hydrogens (tertiary/aromatic N) is 1. The molecule has 0 aliphatic rings. The summed E-state index contributed by atoms with van der Waals surface area (Å²) in [6.45, 7) is 0.338. The maximum absolute atomic E-state index is 12.3. The maximum Gasteiger partial charge on any atom is 0.323 e. The number of phenolic OH excluding ortho intramolecular Hbond substituents is 1. The second-order valence-electron chi connectivity index (χ2n) is 5.81. The number of phenols is 1.